The van der Waals surface area contributed by atoms with Crippen molar-refractivity contribution in [3.8, 4) is 6.07 Å². The molecule has 0 unspecified atom stereocenters. The fourth-order valence-corrected chi connectivity index (χ4v) is 3.64. The summed E-state index contributed by atoms with van der Waals surface area (Å²) in [6.07, 6.45) is 5.17. The van der Waals surface area contributed by atoms with E-state index in [0.29, 0.717) is 12.8 Å². The van der Waals surface area contributed by atoms with Crippen molar-refractivity contribution in [2.24, 2.45) is 5.41 Å². The minimum atomic E-state index is -0.798. The van der Waals surface area contributed by atoms with Gasteiger partial charge in [-0.3, -0.25) is 4.79 Å². The summed E-state index contributed by atoms with van der Waals surface area (Å²) in [7, 11) is 0. The Morgan fingerprint density at radius 1 is 1.33 bits per heavy atom. The highest BCUT2D eigenvalue weighted by Gasteiger charge is 2.37. The molecule has 1 aliphatic rings. The third-order valence-corrected chi connectivity index (χ3v) is 4.61. The first-order valence-electron chi connectivity index (χ1n) is 6.98. The number of hydrogen-bond donors (Lipinski definition) is 1. The van der Waals surface area contributed by atoms with E-state index in [-0.39, 0.29) is 11.9 Å². The first kappa shape index (κ1) is 15.4. The molecule has 1 rings (SSSR count). The van der Waals surface area contributed by atoms with Gasteiger partial charge in [0.15, 0.2) is 0 Å². The lowest BCUT2D eigenvalue weighted by atomic mass is 9.79. The van der Waals surface area contributed by atoms with Crippen molar-refractivity contribution >= 4 is 17.7 Å². The predicted octanol–water partition coefficient (Wildman–Crippen LogP) is 3.11. The van der Waals surface area contributed by atoms with Gasteiger partial charge in [0.25, 0.3) is 0 Å². The van der Waals surface area contributed by atoms with Crippen molar-refractivity contribution in [3.63, 3.8) is 0 Å². The summed E-state index contributed by atoms with van der Waals surface area (Å²) < 4.78 is 0. The van der Waals surface area contributed by atoms with Crippen LogP contribution in [0.5, 0.6) is 0 Å². The molecule has 0 aromatic rings. The Hall–Kier alpha value is -0.690. The van der Waals surface area contributed by atoms with E-state index in [0.717, 1.165) is 37.2 Å². The Morgan fingerprint density at radius 3 is 2.33 bits per heavy atom. The molecule has 1 N–H and O–H groups in total. The topological polar surface area (TPSA) is 52.9 Å². The highest BCUT2D eigenvalue weighted by Crippen LogP contribution is 2.30. The van der Waals surface area contributed by atoms with Crippen LogP contribution >= 0.6 is 11.8 Å². The number of amides is 1. The third-order valence-electron chi connectivity index (χ3n) is 3.56. The third kappa shape index (κ3) is 3.91. The van der Waals surface area contributed by atoms with Gasteiger partial charge >= 0.3 is 0 Å². The summed E-state index contributed by atoms with van der Waals surface area (Å²) in [5.41, 5.74) is -0.798. The number of hydrogen-bond acceptors (Lipinski definition) is 3. The molecule has 3 nitrogen and oxygen atoms in total. The highest BCUT2D eigenvalue weighted by molar-refractivity contribution is 7.99. The number of rotatable bonds is 6. The predicted molar refractivity (Wildman–Crippen MR) is 76.4 cm³/mol. The standard InChI is InChI=1S/C14H24N2OS/c1-3-7-14(11-15,8-4-2)13(17)16-12-5-9-18-10-6-12/h12H,3-10H2,1-2H3,(H,16,17). The maximum atomic E-state index is 12.4. The average molecular weight is 268 g/mol. The summed E-state index contributed by atoms with van der Waals surface area (Å²) in [5.74, 6) is 2.20. The molecule has 0 spiro atoms. The van der Waals surface area contributed by atoms with Crippen molar-refractivity contribution in [3.05, 3.63) is 0 Å². The van der Waals surface area contributed by atoms with Crippen LogP contribution in [0.2, 0.25) is 0 Å². The molecule has 0 saturated carbocycles. The van der Waals surface area contributed by atoms with Crippen molar-refractivity contribution in [1.82, 2.24) is 5.32 Å². The fraction of sp³-hybridized carbons (Fsp3) is 0.857. The van der Waals surface area contributed by atoms with E-state index in [1.165, 1.54) is 0 Å². The molecule has 102 valence electrons. The molecule has 1 heterocycles. The van der Waals surface area contributed by atoms with Gasteiger partial charge in [0.05, 0.1) is 6.07 Å². The molecular formula is C14H24N2OS. The van der Waals surface area contributed by atoms with Gasteiger partial charge in [-0.05, 0) is 37.2 Å². The zero-order chi connectivity index (χ0) is 13.4. The van der Waals surface area contributed by atoms with E-state index in [1.807, 2.05) is 25.6 Å². The smallest absolute Gasteiger partial charge is 0.240 e. The van der Waals surface area contributed by atoms with Gasteiger partial charge in [-0.25, -0.2) is 0 Å². The van der Waals surface area contributed by atoms with Gasteiger partial charge in [0, 0.05) is 6.04 Å². The van der Waals surface area contributed by atoms with Gasteiger partial charge in [-0.2, -0.15) is 17.0 Å². The van der Waals surface area contributed by atoms with Crippen molar-refractivity contribution in [1.29, 1.82) is 5.26 Å². The van der Waals surface area contributed by atoms with Gasteiger partial charge in [0.1, 0.15) is 5.41 Å². The monoisotopic (exact) mass is 268 g/mol. The molecule has 1 fully saturated rings. The maximum Gasteiger partial charge on any atom is 0.240 e. The van der Waals surface area contributed by atoms with Crippen LogP contribution in [0.1, 0.15) is 52.4 Å². The van der Waals surface area contributed by atoms with Crippen LogP contribution in [0.25, 0.3) is 0 Å². The second-order valence-corrected chi connectivity index (χ2v) is 6.28. The summed E-state index contributed by atoms with van der Waals surface area (Å²) >= 11 is 1.94. The summed E-state index contributed by atoms with van der Waals surface area (Å²) in [6.45, 7) is 4.07. The van der Waals surface area contributed by atoms with E-state index in [1.54, 1.807) is 0 Å². The minimum absolute atomic E-state index is 0.0365. The van der Waals surface area contributed by atoms with E-state index < -0.39 is 5.41 Å². The largest absolute Gasteiger partial charge is 0.352 e. The van der Waals surface area contributed by atoms with Gasteiger partial charge in [0.2, 0.25) is 5.91 Å². The second-order valence-electron chi connectivity index (χ2n) is 5.05. The molecule has 0 aromatic carbocycles. The normalized spacial score (nSPS) is 17.2. The SMILES string of the molecule is CCCC(C#N)(CCC)C(=O)NC1CCSCC1. The molecular weight excluding hydrogens is 244 g/mol. The molecule has 1 aliphatic heterocycles. The van der Waals surface area contributed by atoms with Gasteiger partial charge in [-0.1, -0.05) is 26.7 Å². The van der Waals surface area contributed by atoms with Crippen molar-refractivity contribution in [2.45, 2.75) is 58.4 Å². The second kappa shape index (κ2) is 7.68. The van der Waals surface area contributed by atoms with Crippen LogP contribution in [0.15, 0.2) is 0 Å². The minimum Gasteiger partial charge on any atom is -0.352 e. The lowest BCUT2D eigenvalue weighted by Gasteiger charge is -2.29. The number of nitrogens with one attached hydrogen (secondary N) is 1. The lowest BCUT2D eigenvalue weighted by Crippen LogP contribution is -2.46. The van der Waals surface area contributed by atoms with Gasteiger partial charge < -0.3 is 5.32 Å². The Kier molecular flexibility index (Phi) is 6.56. The van der Waals surface area contributed by atoms with Crippen LogP contribution in [0.4, 0.5) is 0 Å². The highest BCUT2D eigenvalue weighted by atomic mass is 32.2. The quantitative estimate of drug-likeness (QED) is 0.805. The van der Waals surface area contributed by atoms with Crippen LogP contribution in [0.3, 0.4) is 0 Å². The molecule has 0 bridgehead atoms. The van der Waals surface area contributed by atoms with E-state index in [2.05, 4.69) is 11.4 Å². The number of carbonyl (C=O) groups excluding carboxylic acids is 1. The van der Waals surface area contributed by atoms with Crippen LogP contribution in [-0.4, -0.2) is 23.5 Å². The van der Waals surface area contributed by atoms with Crippen LogP contribution in [-0.2, 0) is 4.79 Å². The number of nitrogens with zero attached hydrogens (tertiary/aromatic N) is 1. The zero-order valence-corrected chi connectivity index (χ0v) is 12.3. The zero-order valence-electron chi connectivity index (χ0n) is 11.5. The first-order chi connectivity index (χ1) is 8.68. The van der Waals surface area contributed by atoms with Crippen molar-refractivity contribution < 1.29 is 4.79 Å². The van der Waals surface area contributed by atoms with E-state index in [4.69, 9.17) is 0 Å². The first-order valence-corrected chi connectivity index (χ1v) is 8.14. The molecule has 1 saturated heterocycles. The Labute approximate surface area is 115 Å². The van der Waals surface area contributed by atoms with Crippen molar-refractivity contribution in [2.75, 3.05) is 11.5 Å². The molecule has 0 radical (unpaired) electrons. The lowest BCUT2D eigenvalue weighted by molar-refractivity contribution is -0.129. The number of thioether (sulfide) groups is 1. The molecule has 0 atom stereocenters. The molecule has 1 amide bonds. The van der Waals surface area contributed by atoms with Crippen LogP contribution < -0.4 is 5.32 Å². The molecule has 0 aromatic heterocycles. The van der Waals surface area contributed by atoms with E-state index in [9.17, 15) is 10.1 Å². The number of carbonyl (C=O) groups is 1. The fourth-order valence-electron chi connectivity index (χ4n) is 2.53. The summed E-state index contributed by atoms with van der Waals surface area (Å²) in [5, 5.41) is 12.5. The summed E-state index contributed by atoms with van der Waals surface area (Å²) in [6, 6.07) is 2.57. The molecule has 18 heavy (non-hydrogen) atoms. The molecule has 4 heteroatoms. The Balaban J connectivity index is 2.66. The Morgan fingerprint density at radius 2 is 1.89 bits per heavy atom. The number of nitriles is 1. The van der Waals surface area contributed by atoms with Crippen LogP contribution in [0, 0.1) is 16.7 Å². The maximum absolute atomic E-state index is 12.4. The summed E-state index contributed by atoms with van der Waals surface area (Å²) in [4.78, 5) is 12.4. The Bertz CT molecular complexity index is 299. The average Bonchev–Trinajstić information content (AvgIpc) is 2.39. The molecule has 0 aliphatic carbocycles. The van der Waals surface area contributed by atoms with Gasteiger partial charge in [-0.15, -0.1) is 0 Å². The van der Waals surface area contributed by atoms with E-state index >= 15 is 0 Å².